The zero-order chi connectivity index (χ0) is 24.4. The third-order valence-electron chi connectivity index (χ3n) is 6.28. The van der Waals surface area contributed by atoms with Gasteiger partial charge in [0.05, 0.1) is 11.1 Å². The van der Waals surface area contributed by atoms with E-state index in [-0.39, 0.29) is 17.4 Å². The van der Waals surface area contributed by atoms with E-state index in [1.165, 1.54) is 25.0 Å². The van der Waals surface area contributed by atoms with Crippen molar-refractivity contribution in [3.05, 3.63) is 77.0 Å². The maximum atomic E-state index is 12.6. The molecule has 0 aliphatic carbocycles. The van der Waals surface area contributed by atoms with Gasteiger partial charge >= 0.3 is 5.97 Å². The highest BCUT2D eigenvalue weighted by molar-refractivity contribution is 6.35. The van der Waals surface area contributed by atoms with Crippen molar-refractivity contribution >= 4 is 35.1 Å². The summed E-state index contributed by atoms with van der Waals surface area (Å²) in [5.41, 5.74) is 2.79. The van der Waals surface area contributed by atoms with E-state index < -0.39 is 5.97 Å². The summed E-state index contributed by atoms with van der Waals surface area (Å²) in [6.45, 7) is 3.65. The van der Waals surface area contributed by atoms with Gasteiger partial charge in [0.25, 0.3) is 11.8 Å². The number of hydrogen-bond acceptors (Lipinski definition) is 5. The minimum atomic E-state index is -1.06. The van der Waals surface area contributed by atoms with Crippen molar-refractivity contribution in [3.8, 4) is 11.3 Å². The topological polar surface area (TPSA) is 112 Å². The summed E-state index contributed by atoms with van der Waals surface area (Å²) < 4.78 is 5.94. The van der Waals surface area contributed by atoms with Crippen molar-refractivity contribution < 1.29 is 23.9 Å². The SMILES string of the molecule is O=C1Nc2ccc(C(=O)O)cc2/C1=C\c1ccc(-c2cccc(C(=O)NCCN3CCCC3)c2)o1. The molecule has 0 unspecified atom stereocenters. The number of carboxylic acid groups (broad SMARTS) is 1. The minimum Gasteiger partial charge on any atom is -0.478 e. The molecule has 1 aromatic heterocycles. The highest BCUT2D eigenvalue weighted by atomic mass is 16.4. The van der Waals surface area contributed by atoms with Crippen LogP contribution in [0.5, 0.6) is 0 Å². The van der Waals surface area contributed by atoms with Crippen LogP contribution in [0.15, 0.2) is 59.0 Å². The van der Waals surface area contributed by atoms with E-state index in [1.54, 1.807) is 42.5 Å². The highest BCUT2D eigenvalue weighted by Gasteiger charge is 2.25. The van der Waals surface area contributed by atoms with E-state index in [4.69, 9.17) is 4.42 Å². The van der Waals surface area contributed by atoms with Gasteiger partial charge in [-0.25, -0.2) is 4.79 Å². The van der Waals surface area contributed by atoms with Crippen LogP contribution >= 0.6 is 0 Å². The number of carboxylic acids is 1. The molecule has 0 saturated carbocycles. The van der Waals surface area contributed by atoms with Crippen molar-refractivity contribution in [1.82, 2.24) is 10.2 Å². The van der Waals surface area contributed by atoms with Gasteiger partial charge in [0.15, 0.2) is 0 Å². The monoisotopic (exact) mass is 471 g/mol. The third kappa shape index (κ3) is 4.88. The van der Waals surface area contributed by atoms with E-state index >= 15 is 0 Å². The molecule has 1 saturated heterocycles. The van der Waals surface area contributed by atoms with Crippen LogP contribution in [-0.2, 0) is 4.79 Å². The average molecular weight is 472 g/mol. The Morgan fingerprint density at radius 2 is 1.89 bits per heavy atom. The van der Waals surface area contributed by atoms with Crippen molar-refractivity contribution in [1.29, 1.82) is 0 Å². The number of carbonyl (C=O) groups is 3. The van der Waals surface area contributed by atoms with Gasteiger partial charge in [0.2, 0.25) is 0 Å². The zero-order valence-corrected chi connectivity index (χ0v) is 19.0. The van der Waals surface area contributed by atoms with E-state index in [1.807, 2.05) is 6.07 Å². The van der Waals surface area contributed by atoms with Gasteiger partial charge in [-0.15, -0.1) is 0 Å². The Balaban J connectivity index is 1.32. The summed E-state index contributed by atoms with van der Waals surface area (Å²) in [4.78, 5) is 38.8. The molecule has 2 aliphatic heterocycles. The normalized spacial score (nSPS) is 16.3. The fourth-order valence-electron chi connectivity index (χ4n) is 4.44. The lowest BCUT2D eigenvalue weighted by molar-refractivity contribution is -0.110. The number of fused-ring (bicyclic) bond motifs is 1. The van der Waals surface area contributed by atoms with Gasteiger partial charge in [-0.3, -0.25) is 9.59 Å². The molecule has 8 heteroatoms. The van der Waals surface area contributed by atoms with Crippen LogP contribution in [0.3, 0.4) is 0 Å². The van der Waals surface area contributed by atoms with Gasteiger partial charge in [-0.2, -0.15) is 0 Å². The Bertz CT molecular complexity index is 1330. The highest BCUT2D eigenvalue weighted by Crippen LogP contribution is 2.35. The number of aromatic carboxylic acids is 1. The maximum Gasteiger partial charge on any atom is 0.335 e. The molecular weight excluding hydrogens is 446 g/mol. The number of nitrogens with one attached hydrogen (secondary N) is 2. The largest absolute Gasteiger partial charge is 0.478 e. The second-order valence-corrected chi connectivity index (χ2v) is 8.67. The average Bonchev–Trinajstić information content (AvgIpc) is 3.60. The summed E-state index contributed by atoms with van der Waals surface area (Å²) in [7, 11) is 0. The zero-order valence-electron chi connectivity index (χ0n) is 19.0. The first kappa shape index (κ1) is 22.6. The van der Waals surface area contributed by atoms with Crippen LogP contribution in [0.2, 0.25) is 0 Å². The fraction of sp³-hybridized carbons (Fsp3) is 0.222. The molecule has 0 spiro atoms. The summed E-state index contributed by atoms with van der Waals surface area (Å²) in [6.07, 6.45) is 4.03. The van der Waals surface area contributed by atoms with Gasteiger partial charge in [0, 0.05) is 35.5 Å². The molecule has 3 N–H and O–H groups in total. The summed E-state index contributed by atoms with van der Waals surface area (Å²) in [5, 5.41) is 15.0. The second-order valence-electron chi connectivity index (χ2n) is 8.67. The molecule has 35 heavy (non-hydrogen) atoms. The smallest absolute Gasteiger partial charge is 0.335 e. The lowest BCUT2D eigenvalue weighted by atomic mass is 10.0. The lowest BCUT2D eigenvalue weighted by Crippen LogP contribution is -2.33. The minimum absolute atomic E-state index is 0.0989. The summed E-state index contributed by atoms with van der Waals surface area (Å²) in [5.74, 6) is -0.520. The Hall–Kier alpha value is -4.17. The number of likely N-dealkylation sites (tertiary alicyclic amines) is 1. The number of carbonyl (C=O) groups excluding carboxylic acids is 2. The number of furan rings is 1. The predicted molar refractivity (Wildman–Crippen MR) is 132 cm³/mol. The number of nitrogens with zero attached hydrogens (tertiary/aromatic N) is 1. The summed E-state index contributed by atoms with van der Waals surface area (Å²) >= 11 is 0. The molecule has 3 heterocycles. The van der Waals surface area contributed by atoms with E-state index in [0.717, 1.165) is 25.2 Å². The second kappa shape index (κ2) is 9.60. The number of rotatable bonds is 7. The Morgan fingerprint density at radius 1 is 1.06 bits per heavy atom. The first-order valence-electron chi connectivity index (χ1n) is 11.6. The van der Waals surface area contributed by atoms with E-state index in [0.29, 0.717) is 40.5 Å². The molecular formula is C27H25N3O5. The predicted octanol–water partition coefficient (Wildman–Crippen LogP) is 3.96. The number of hydrogen-bond donors (Lipinski definition) is 3. The molecule has 0 bridgehead atoms. The molecule has 2 aromatic carbocycles. The van der Waals surface area contributed by atoms with Crippen molar-refractivity contribution in [2.75, 3.05) is 31.5 Å². The fourth-order valence-corrected chi connectivity index (χ4v) is 4.44. The van der Waals surface area contributed by atoms with Crippen LogP contribution in [0.25, 0.3) is 23.0 Å². The molecule has 0 atom stereocenters. The van der Waals surface area contributed by atoms with Gasteiger partial charge in [-0.1, -0.05) is 12.1 Å². The van der Waals surface area contributed by atoms with Crippen LogP contribution in [0.4, 0.5) is 5.69 Å². The maximum absolute atomic E-state index is 12.6. The van der Waals surface area contributed by atoms with Gasteiger partial charge in [0.1, 0.15) is 11.5 Å². The van der Waals surface area contributed by atoms with Gasteiger partial charge in [-0.05, 0) is 74.5 Å². The number of benzene rings is 2. The van der Waals surface area contributed by atoms with Crippen molar-refractivity contribution in [2.45, 2.75) is 12.8 Å². The Labute approximate surface area is 202 Å². The molecule has 3 aromatic rings. The Kier molecular flexibility index (Phi) is 6.20. The summed E-state index contributed by atoms with van der Waals surface area (Å²) in [6, 6.07) is 15.2. The van der Waals surface area contributed by atoms with Crippen molar-refractivity contribution in [2.24, 2.45) is 0 Å². The van der Waals surface area contributed by atoms with E-state index in [2.05, 4.69) is 15.5 Å². The van der Waals surface area contributed by atoms with Crippen LogP contribution in [-0.4, -0.2) is 54.0 Å². The first-order valence-corrected chi connectivity index (χ1v) is 11.6. The molecule has 2 aliphatic rings. The number of amides is 2. The lowest BCUT2D eigenvalue weighted by Gasteiger charge is -2.14. The van der Waals surface area contributed by atoms with Gasteiger partial charge < -0.3 is 25.1 Å². The molecule has 1 fully saturated rings. The molecule has 2 amide bonds. The molecule has 178 valence electrons. The van der Waals surface area contributed by atoms with Crippen LogP contribution in [0.1, 0.15) is 44.9 Å². The third-order valence-corrected chi connectivity index (χ3v) is 6.28. The van der Waals surface area contributed by atoms with E-state index in [9.17, 15) is 19.5 Å². The molecule has 5 rings (SSSR count). The Morgan fingerprint density at radius 3 is 2.69 bits per heavy atom. The first-order chi connectivity index (χ1) is 17.0. The molecule has 8 nitrogen and oxygen atoms in total. The molecule has 0 radical (unpaired) electrons. The quantitative estimate of drug-likeness (QED) is 0.450. The van der Waals surface area contributed by atoms with Crippen molar-refractivity contribution in [3.63, 3.8) is 0 Å². The number of anilines is 1. The standard InChI is InChI=1S/C27H25N3O5/c31-25(28-10-13-30-11-1-2-12-30)18-5-3-4-17(14-18)24-9-7-20(35-24)16-22-21-15-19(27(33)34)6-8-23(21)29-26(22)32/h3-9,14-16H,1-2,10-13H2,(H,28,31)(H,29,32)(H,33,34)/b22-16+. The van der Waals surface area contributed by atoms with Crippen LogP contribution in [0, 0.1) is 0 Å². The van der Waals surface area contributed by atoms with Crippen LogP contribution < -0.4 is 10.6 Å².